The Morgan fingerprint density at radius 3 is 2.37 bits per heavy atom. The highest BCUT2D eigenvalue weighted by Crippen LogP contribution is 2.13. The van der Waals surface area contributed by atoms with Crippen LogP contribution in [-0.4, -0.2) is 28.3 Å². The highest BCUT2D eigenvalue weighted by molar-refractivity contribution is 5.91. The Kier molecular flexibility index (Phi) is 5.57. The molecule has 0 aliphatic carbocycles. The highest BCUT2D eigenvalue weighted by atomic mass is 16.3. The first-order chi connectivity index (χ1) is 8.99. The predicted octanol–water partition coefficient (Wildman–Crippen LogP) is 2.07. The standard InChI is InChI=1S/C15H21NO3/c1-3-15(19,4-2)11-16-14(18)10-7-12-5-8-13(17)9-6-12/h5-10,17,19H,3-4,11H2,1-2H3,(H,16,18). The summed E-state index contributed by atoms with van der Waals surface area (Å²) in [6.07, 6.45) is 4.28. The molecule has 0 aliphatic rings. The molecule has 1 amide bonds. The Morgan fingerprint density at radius 1 is 1.26 bits per heavy atom. The summed E-state index contributed by atoms with van der Waals surface area (Å²) in [6.45, 7) is 4.03. The number of phenolic OH excluding ortho intramolecular Hbond substituents is 1. The van der Waals surface area contributed by atoms with Gasteiger partial charge in [0.15, 0.2) is 0 Å². The smallest absolute Gasteiger partial charge is 0.244 e. The van der Waals surface area contributed by atoms with E-state index in [1.165, 1.54) is 6.08 Å². The number of benzene rings is 1. The Balaban J connectivity index is 2.49. The van der Waals surface area contributed by atoms with Gasteiger partial charge in [0.05, 0.1) is 5.60 Å². The fourth-order valence-corrected chi connectivity index (χ4v) is 1.57. The van der Waals surface area contributed by atoms with Crippen LogP contribution in [0.4, 0.5) is 0 Å². The summed E-state index contributed by atoms with van der Waals surface area (Å²) < 4.78 is 0. The van der Waals surface area contributed by atoms with Crippen molar-refractivity contribution in [2.75, 3.05) is 6.54 Å². The van der Waals surface area contributed by atoms with Gasteiger partial charge in [-0.2, -0.15) is 0 Å². The summed E-state index contributed by atoms with van der Waals surface area (Å²) in [6, 6.07) is 6.55. The second kappa shape index (κ2) is 6.95. The van der Waals surface area contributed by atoms with Crippen LogP contribution >= 0.6 is 0 Å². The Morgan fingerprint density at radius 2 is 1.84 bits per heavy atom. The lowest BCUT2D eigenvalue weighted by Gasteiger charge is -2.24. The Labute approximate surface area is 113 Å². The van der Waals surface area contributed by atoms with Gasteiger partial charge in [-0.1, -0.05) is 26.0 Å². The molecule has 0 fully saturated rings. The lowest BCUT2D eigenvalue weighted by Crippen LogP contribution is -2.41. The maximum absolute atomic E-state index is 11.6. The molecule has 0 saturated carbocycles. The van der Waals surface area contributed by atoms with E-state index in [9.17, 15) is 9.90 Å². The van der Waals surface area contributed by atoms with E-state index in [4.69, 9.17) is 5.11 Å². The summed E-state index contributed by atoms with van der Waals surface area (Å²) in [4.78, 5) is 11.6. The number of amides is 1. The van der Waals surface area contributed by atoms with Crippen LogP contribution in [0.1, 0.15) is 32.3 Å². The second-order valence-corrected chi connectivity index (χ2v) is 4.57. The summed E-state index contributed by atoms with van der Waals surface area (Å²) in [5.74, 6) is -0.0500. The molecule has 0 aliphatic heterocycles. The van der Waals surface area contributed by atoms with Crippen LogP contribution in [0, 0.1) is 0 Å². The van der Waals surface area contributed by atoms with Crippen molar-refractivity contribution < 1.29 is 15.0 Å². The van der Waals surface area contributed by atoms with Crippen LogP contribution in [0.5, 0.6) is 5.75 Å². The third-order valence-corrected chi connectivity index (χ3v) is 3.23. The number of hydrogen-bond acceptors (Lipinski definition) is 3. The SMILES string of the molecule is CCC(O)(CC)CNC(=O)C=Cc1ccc(O)cc1. The number of hydrogen-bond donors (Lipinski definition) is 3. The van der Waals surface area contributed by atoms with Crippen molar-refractivity contribution in [3.8, 4) is 5.75 Å². The molecule has 1 rings (SSSR count). The molecule has 4 nitrogen and oxygen atoms in total. The first-order valence-electron chi connectivity index (χ1n) is 6.46. The molecule has 19 heavy (non-hydrogen) atoms. The van der Waals surface area contributed by atoms with Gasteiger partial charge < -0.3 is 15.5 Å². The molecule has 0 bridgehead atoms. The van der Waals surface area contributed by atoms with E-state index in [0.717, 1.165) is 5.56 Å². The van der Waals surface area contributed by atoms with Gasteiger partial charge in [0.1, 0.15) is 5.75 Å². The summed E-state index contributed by atoms with van der Waals surface area (Å²) >= 11 is 0. The monoisotopic (exact) mass is 263 g/mol. The van der Waals surface area contributed by atoms with E-state index in [1.807, 2.05) is 13.8 Å². The van der Waals surface area contributed by atoms with Gasteiger partial charge in [0.25, 0.3) is 0 Å². The Bertz CT molecular complexity index is 433. The number of aliphatic hydroxyl groups is 1. The van der Waals surface area contributed by atoms with E-state index < -0.39 is 5.60 Å². The topological polar surface area (TPSA) is 69.6 Å². The van der Waals surface area contributed by atoms with Crippen molar-refractivity contribution in [1.29, 1.82) is 0 Å². The van der Waals surface area contributed by atoms with Crippen LogP contribution in [-0.2, 0) is 4.79 Å². The molecule has 1 aromatic rings. The second-order valence-electron chi connectivity index (χ2n) is 4.57. The highest BCUT2D eigenvalue weighted by Gasteiger charge is 2.22. The zero-order valence-corrected chi connectivity index (χ0v) is 11.4. The van der Waals surface area contributed by atoms with Crippen molar-refractivity contribution in [2.45, 2.75) is 32.3 Å². The quantitative estimate of drug-likeness (QED) is 0.688. The predicted molar refractivity (Wildman–Crippen MR) is 75.7 cm³/mol. The first-order valence-corrected chi connectivity index (χ1v) is 6.46. The number of carbonyl (C=O) groups excluding carboxylic acids is 1. The maximum atomic E-state index is 11.6. The van der Waals surface area contributed by atoms with Crippen LogP contribution in [0.2, 0.25) is 0 Å². The van der Waals surface area contributed by atoms with Crippen molar-refractivity contribution in [3.63, 3.8) is 0 Å². The molecule has 3 N–H and O–H groups in total. The fourth-order valence-electron chi connectivity index (χ4n) is 1.57. The van der Waals surface area contributed by atoms with Crippen LogP contribution < -0.4 is 5.32 Å². The molecule has 0 saturated heterocycles. The molecule has 4 heteroatoms. The van der Waals surface area contributed by atoms with Crippen molar-refractivity contribution in [1.82, 2.24) is 5.32 Å². The minimum absolute atomic E-state index is 0.192. The van der Waals surface area contributed by atoms with E-state index in [1.54, 1.807) is 30.3 Å². The van der Waals surface area contributed by atoms with Crippen molar-refractivity contribution in [3.05, 3.63) is 35.9 Å². The zero-order valence-electron chi connectivity index (χ0n) is 11.4. The number of phenols is 1. The number of aromatic hydroxyl groups is 1. The van der Waals surface area contributed by atoms with Crippen LogP contribution in [0.25, 0.3) is 6.08 Å². The van der Waals surface area contributed by atoms with Gasteiger partial charge in [-0.25, -0.2) is 0 Å². The van der Waals surface area contributed by atoms with Crippen LogP contribution in [0.3, 0.4) is 0 Å². The van der Waals surface area contributed by atoms with E-state index in [2.05, 4.69) is 5.32 Å². The number of rotatable bonds is 6. The van der Waals surface area contributed by atoms with E-state index >= 15 is 0 Å². The molecule has 0 heterocycles. The fraction of sp³-hybridized carbons (Fsp3) is 0.400. The third-order valence-electron chi connectivity index (χ3n) is 3.23. The molecule has 104 valence electrons. The normalized spacial score (nSPS) is 11.7. The van der Waals surface area contributed by atoms with Crippen LogP contribution in [0.15, 0.2) is 30.3 Å². The summed E-state index contributed by atoms with van der Waals surface area (Å²) in [5.41, 5.74) is -0.00335. The van der Waals surface area contributed by atoms with Gasteiger partial charge in [-0.05, 0) is 36.6 Å². The average Bonchev–Trinajstić information content (AvgIpc) is 2.44. The minimum atomic E-state index is -0.831. The molecule has 0 atom stereocenters. The summed E-state index contributed by atoms with van der Waals surface area (Å²) in [5, 5.41) is 21.8. The molecule has 0 radical (unpaired) electrons. The largest absolute Gasteiger partial charge is 0.508 e. The lowest BCUT2D eigenvalue weighted by molar-refractivity contribution is -0.117. The van der Waals surface area contributed by atoms with Gasteiger partial charge >= 0.3 is 0 Å². The third kappa shape index (κ3) is 5.14. The molecule has 0 spiro atoms. The van der Waals surface area contributed by atoms with E-state index in [0.29, 0.717) is 12.8 Å². The van der Waals surface area contributed by atoms with Gasteiger partial charge in [0.2, 0.25) is 5.91 Å². The molecule has 1 aromatic carbocycles. The molecular weight excluding hydrogens is 242 g/mol. The van der Waals surface area contributed by atoms with Gasteiger partial charge in [-0.15, -0.1) is 0 Å². The van der Waals surface area contributed by atoms with E-state index in [-0.39, 0.29) is 18.2 Å². The average molecular weight is 263 g/mol. The maximum Gasteiger partial charge on any atom is 0.244 e. The molecular formula is C15H21NO3. The van der Waals surface area contributed by atoms with Gasteiger partial charge in [0, 0.05) is 12.6 Å². The number of nitrogens with one attached hydrogen (secondary N) is 1. The van der Waals surface area contributed by atoms with Crippen molar-refractivity contribution >= 4 is 12.0 Å². The lowest BCUT2D eigenvalue weighted by atomic mass is 9.98. The summed E-state index contributed by atoms with van der Waals surface area (Å²) in [7, 11) is 0. The first kappa shape index (κ1) is 15.2. The Hall–Kier alpha value is -1.81. The minimum Gasteiger partial charge on any atom is -0.508 e. The zero-order chi connectivity index (χ0) is 14.3. The molecule has 0 unspecified atom stereocenters. The number of carbonyl (C=O) groups is 1. The van der Waals surface area contributed by atoms with Crippen molar-refractivity contribution in [2.24, 2.45) is 0 Å². The molecule has 0 aromatic heterocycles. The van der Waals surface area contributed by atoms with Gasteiger partial charge in [-0.3, -0.25) is 4.79 Å².